The molecule has 0 saturated carbocycles. The standard InChI is InChI=1S/C20H14FN3OS/c21-15-8-2-1-6-13(15)18(25)12-26-20-14(7-5-11-22-20)19-23-16-9-3-4-10-17(16)24-19/h1-11H,12H2,(H,23,24). The SMILES string of the molecule is O=C(CSc1ncccc1-c1nc2ccccc2[nH]1)c1ccccc1F. The number of pyridine rings is 1. The minimum Gasteiger partial charge on any atom is -0.338 e. The number of H-pyrrole nitrogens is 1. The van der Waals surface area contributed by atoms with E-state index in [0.717, 1.165) is 16.6 Å². The first-order chi connectivity index (χ1) is 12.7. The van der Waals surface area contributed by atoms with Crippen molar-refractivity contribution in [1.82, 2.24) is 15.0 Å². The van der Waals surface area contributed by atoms with Gasteiger partial charge in [-0.15, -0.1) is 0 Å². The van der Waals surface area contributed by atoms with Crippen LogP contribution in [0.2, 0.25) is 0 Å². The number of Topliss-reactive ketones (excluding diaryl/α,β-unsaturated/α-hetero) is 1. The number of carbonyl (C=O) groups excluding carboxylic acids is 1. The molecule has 0 saturated heterocycles. The lowest BCUT2D eigenvalue weighted by atomic mass is 10.1. The predicted octanol–water partition coefficient (Wildman–Crippen LogP) is 4.74. The van der Waals surface area contributed by atoms with Gasteiger partial charge in [0.15, 0.2) is 5.78 Å². The van der Waals surface area contributed by atoms with Crippen molar-refractivity contribution in [2.75, 3.05) is 5.75 Å². The molecule has 4 aromatic rings. The molecule has 26 heavy (non-hydrogen) atoms. The summed E-state index contributed by atoms with van der Waals surface area (Å²) >= 11 is 1.28. The van der Waals surface area contributed by atoms with E-state index in [1.807, 2.05) is 36.4 Å². The van der Waals surface area contributed by atoms with E-state index in [2.05, 4.69) is 15.0 Å². The first-order valence-electron chi connectivity index (χ1n) is 8.03. The zero-order chi connectivity index (χ0) is 17.9. The molecule has 0 aliphatic heterocycles. The number of hydrogen-bond donors (Lipinski definition) is 1. The van der Waals surface area contributed by atoms with Gasteiger partial charge in [0.1, 0.15) is 16.7 Å². The smallest absolute Gasteiger partial charge is 0.176 e. The molecule has 6 heteroatoms. The molecule has 0 aliphatic carbocycles. The lowest BCUT2D eigenvalue weighted by Crippen LogP contribution is -2.05. The highest BCUT2D eigenvalue weighted by atomic mass is 32.2. The number of rotatable bonds is 5. The number of benzene rings is 2. The molecule has 4 rings (SSSR count). The van der Waals surface area contributed by atoms with Crippen LogP contribution < -0.4 is 0 Å². The van der Waals surface area contributed by atoms with Crippen molar-refractivity contribution >= 4 is 28.6 Å². The molecule has 0 fully saturated rings. The third-order valence-electron chi connectivity index (χ3n) is 3.93. The van der Waals surface area contributed by atoms with Gasteiger partial charge in [-0.3, -0.25) is 4.79 Å². The minimum atomic E-state index is -0.503. The summed E-state index contributed by atoms with van der Waals surface area (Å²) in [6.45, 7) is 0. The zero-order valence-electron chi connectivity index (χ0n) is 13.6. The third-order valence-corrected chi connectivity index (χ3v) is 4.94. The van der Waals surface area contributed by atoms with E-state index < -0.39 is 5.82 Å². The number of para-hydroxylation sites is 2. The number of halogens is 1. The van der Waals surface area contributed by atoms with Crippen molar-refractivity contribution in [3.05, 3.63) is 78.2 Å². The topological polar surface area (TPSA) is 58.6 Å². The lowest BCUT2D eigenvalue weighted by molar-refractivity contribution is 0.101. The van der Waals surface area contributed by atoms with Crippen LogP contribution in [-0.2, 0) is 0 Å². The Balaban J connectivity index is 1.60. The number of imidazole rings is 1. The summed E-state index contributed by atoms with van der Waals surface area (Å²) in [4.78, 5) is 24.5. The Bertz CT molecular complexity index is 1060. The second kappa shape index (κ2) is 7.09. The number of ketones is 1. The summed E-state index contributed by atoms with van der Waals surface area (Å²) < 4.78 is 13.8. The molecule has 2 aromatic heterocycles. The number of nitrogens with one attached hydrogen (secondary N) is 1. The van der Waals surface area contributed by atoms with Crippen molar-refractivity contribution < 1.29 is 9.18 Å². The molecule has 0 unspecified atom stereocenters. The number of hydrogen-bond acceptors (Lipinski definition) is 4. The molecule has 128 valence electrons. The van der Waals surface area contributed by atoms with E-state index in [0.29, 0.717) is 10.9 Å². The first kappa shape index (κ1) is 16.5. The Morgan fingerprint density at radius 3 is 2.69 bits per heavy atom. The van der Waals surface area contributed by atoms with Gasteiger partial charge in [0.2, 0.25) is 0 Å². The van der Waals surface area contributed by atoms with Crippen molar-refractivity contribution in [2.45, 2.75) is 5.03 Å². The number of nitrogens with zero attached hydrogens (tertiary/aromatic N) is 2. The molecule has 1 N–H and O–H groups in total. The van der Waals surface area contributed by atoms with Gasteiger partial charge in [0, 0.05) is 11.8 Å². The Morgan fingerprint density at radius 2 is 1.85 bits per heavy atom. The van der Waals surface area contributed by atoms with Gasteiger partial charge in [-0.25, -0.2) is 14.4 Å². The molecular weight excluding hydrogens is 349 g/mol. The quantitative estimate of drug-likeness (QED) is 0.411. The fourth-order valence-corrected chi connectivity index (χ4v) is 3.54. The number of aromatic amines is 1. The largest absolute Gasteiger partial charge is 0.338 e. The highest BCUT2D eigenvalue weighted by Gasteiger charge is 2.15. The molecule has 0 radical (unpaired) electrons. The Morgan fingerprint density at radius 1 is 1.04 bits per heavy atom. The van der Waals surface area contributed by atoms with Crippen LogP contribution in [0, 0.1) is 5.82 Å². The van der Waals surface area contributed by atoms with Crippen LogP contribution in [0.4, 0.5) is 4.39 Å². The Labute approximate surface area is 153 Å². The fourth-order valence-electron chi connectivity index (χ4n) is 2.67. The summed E-state index contributed by atoms with van der Waals surface area (Å²) in [5.41, 5.74) is 2.71. The molecule has 0 atom stereocenters. The highest BCUT2D eigenvalue weighted by Crippen LogP contribution is 2.29. The number of fused-ring (bicyclic) bond motifs is 1. The Kier molecular flexibility index (Phi) is 4.50. The van der Waals surface area contributed by atoms with Gasteiger partial charge in [0.05, 0.1) is 22.3 Å². The summed E-state index contributed by atoms with van der Waals surface area (Å²) in [6, 6.07) is 17.5. The predicted molar refractivity (Wildman–Crippen MR) is 101 cm³/mol. The van der Waals surface area contributed by atoms with E-state index in [9.17, 15) is 9.18 Å². The van der Waals surface area contributed by atoms with Gasteiger partial charge < -0.3 is 4.98 Å². The normalized spacial score (nSPS) is 11.0. The van der Waals surface area contributed by atoms with Crippen molar-refractivity contribution in [1.29, 1.82) is 0 Å². The molecule has 0 bridgehead atoms. The first-order valence-corrected chi connectivity index (χ1v) is 9.01. The van der Waals surface area contributed by atoms with Gasteiger partial charge in [-0.2, -0.15) is 0 Å². The fraction of sp³-hybridized carbons (Fsp3) is 0.0500. The number of aromatic nitrogens is 3. The van der Waals surface area contributed by atoms with Crippen LogP contribution in [0.15, 0.2) is 71.9 Å². The molecule has 2 heterocycles. The molecular formula is C20H14FN3OS. The summed E-state index contributed by atoms with van der Waals surface area (Å²) in [7, 11) is 0. The summed E-state index contributed by atoms with van der Waals surface area (Å²) in [5, 5.41) is 0.677. The lowest BCUT2D eigenvalue weighted by Gasteiger charge is -2.06. The van der Waals surface area contributed by atoms with E-state index >= 15 is 0 Å². The average Bonchev–Trinajstić information content (AvgIpc) is 3.11. The van der Waals surface area contributed by atoms with Crippen LogP contribution in [0.1, 0.15) is 10.4 Å². The van der Waals surface area contributed by atoms with E-state index in [-0.39, 0.29) is 17.1 Å². The summed E-state index contributed by atoms with van der Waals surface area (Å²) in [6.07, 6.45) is 1.67. The monoisotopic (exact) mass is 363 g/mol. The van der Waals surface area contributed by atoms with Gasteiger partial charge in [0.25, 0.3) is 0 Å². The van der Waals surface area contributed by atoms with Crippen LogP contribution in [0.3, 0.4) is 0 Å². The van der Waals surface area contributed by atoms with E-state index in [4.69, 9.17) is 0 Å². The van der Waals surface area contributed by atoms with Crippen molar-refractivity contribution in [3.8, 4) is 11.4 Å². The molecule has 4 nitrogen and oxygen atoms in total. The minimum absolute atomic E-state index is 0.0984. The number of thioether (sulfide) groups is 1. The maximum Gasteiger partial charge on any atom is 0.176 e. The van der Waals surface area contributed by atoms with Crippen LogP contribution >= 0.6 is 11.8 Å². The Hall–Kier alpha value is -2.99. The third kappa shape index (κ3) is 3.23. The second-order valence-corrected chi connectivity index (χ2v) is 6.61. The van der Waals surface area contributed by atoms with Gasteiger partial charge >= 0.3 is 0 Å². The molecule has 0 spiro atoms. The number of carbonyl (C=O) groups is 1. The average molecular weight is 363 g/mol. The highest BCUT2D eigenvalue weighted by molar-refractivity contribution is 8.00. The van der Waals surface area contributed by atoms with Crippen LogP contribution in [0.5, 0.6) is 0 Å². The van der Waals surface area contributed by atoms with Gasteiger partial charge in [-0.1, -0.05) is 36.0 Å². The molecule has 0 aliphatic rings. The van der Waals surface area contributed by atoms with E-state index in [1.165, 1.54) is 23.9 Å². The zero-order valence-corrected chi connectivity index (χ0v) is 14.5. The molecule has 2 aromatic carbocycles. The van der Waals surface area contributed by atoms with Crippen LogP contribution in [-0.4, -0.2) is 26.5 Å². The van der Waals surface area contributed by atoms with Crippen LogP contribution in [0.25, 0.3) is 22.4 Å². The van der Waals surface area contributed by atoms with Crippen molar-refractivity contribution in [3.63, 3.8) is 0 Å². The second-order valence-electron chi connectivity index (χ2n) is 5.65. The molecule has 0 amide bonds. The maximum atomic E-state index is 13.8. The van der Waals surface area contributed by atoms with E-state index in [1.54, 1.807) is 18.3 Å². The van der Waals surface area contributed by atoms with Crippen molar-refractivity contribution in [2.24, 2.45) is 0 Å². The van der Waals surface area contributed by atoms with Gasteiger partial charge in [-0.05, 0) is 36.4 Å². The maximum absolute atomic E-state index is 13.8. The summed E-state index contributed by atoms with van der Waals surface area (Å²) in [5.74, 6) is 0.0247.